The van der Waals surface area contributed by atoms with E-state index in [2.05, 4.69) is 0 Å². The van der Waals surface area contributed by atoms with Gasteiger partial charge in [-0.2, -0.15) is 0 Å². The number of ether oxygens (including phenoxy) is 1. The van der Waals surface area contributed by atoms with E-state index in [1.165, 1.54) is 0 Å². The summed E-state index contributed by atoms with van der Waals surface area (Å²) in [4.78, 5) is 12.4. The lowest BCUT2D eigenvalue weighted by Gasteiger charge is -2.25. The maximum Gasteiger partial charge on any atom is 0.333 e. The zero-order valence-corrected chi connectivity index (χ0v) is 16.3. The molecular weight excluding hydrogens is 343 g/mol. The van der Waals surface area contributed by atoms with Gasteiger partial charge in [-0.25, -0.2) is 0 Å². The number of carbonyl (C=O) groups is 1. The summed E-state index contributed by atoms with van der Waals surface area (Å²) in [6, 6.07) is 0. The minimum atomic E-state index is -1.37. The Morgan fingerprint density at radius 2 is 2.00 bits per heavy atom. The molecule has 1 fully saturated rings. The fraction of sp³-hybridized carbons (Fsp3) is 0.706. The van der Waals surface area contributed by atoms with E-state index in [9.17, 15) is 4.79 Å². The van der Waals surface area contributed by atoms with E-state index in [1.54, 1.807) is 6.08 Å². The van der Waals surface area contributed by atoms with Crippen molar-refractivity contribution < 1.29 is 28.0 Å². The fourth-order valence-corrected chi connectivity index (χ4v) is 3.84. The van der Waals surface area contributed by atoms with E-state index in [0.29, 0.717) is 18.7 Å². The highest BCUT2D eigenvalue weighted by atomic mass is 31.2. The first-order valence-corrected chi connectivity index (χ1v) is 9.89. The highest BCUT2D eigenvalue weighted by Crippen LogP contribution is 2.42. The second-order valence-electron chi connectivity index (χ2n) is 6.82. The highest BCUT2D eigenvalue weighted by Gasteiger charge is 2.35. The number of amides is 1. The summed E-state index contributed by atoms with van der Waals surface area (Å²) >= 11 is 0. The number of hydrogen-bond donors (Lipinski definition) is 2. The molecule has 3 N–H and O–H groups in total. The zero-order valence-electron chi connectivity index (χ0n) is 15.4. The number of primary amides is 1. The molecule has 2 aliphatic rings. The minimum absolute atomic E-state index is 0.00496. The number of nitrogens with two attached hydrogens (primary N) is 1. The summed E-state index contributed by atoms with van der Waals surface area (Å²) in [7, 11) is -1.37. The van der Waals surface area contributed by atoms with Gasteiger partial charge < -0.3 is 24.0 Å². The van der Waals surface area contributed by atoms with Crippen molar-refractivity contribution in [3.05, 3.63) is 23.9 Å². The van der Waals surface area contributed by atoms with Crippen LogP contribution in [-0.2, 0) is 23.1 Å². The minimum Gasteiger partial charge on any atom is -0.366 e. The predicted octanol–water partition coefficient (Wildman–Crippen LogP) is 1.41. The van der Waals surface area contributed by atoms with Gasteiger partial charge in [-0.15, -0.1) is 0 Å². The molecule has 3 unspecified atom stereocenters. The van der Waals surface area contributed by atoms with E-state index in [0.717, 1.165) is 17.7 Å². The number of nitrogens with one attached hydrogen (secondary N) is 1. The molecule has 0 aromatic heterocycles. The first kappa shape index (κ1) is 20.5. The fourth-order valence-electron chi connectivity index (χ4n) is 2.69. The molecular formula is C17H30N2O5P+. The molecule has 25 heavy (non-hydrogen) atoms. The maximum atomic E-state index is 11.4. The maximum absolute atomic E-state index is 11.4. The Balaban J connectivity index is 1.79. The Labute approximate surface area is 151 Å². The lowest BCUT2D eigenvalue weighted by molar-refractivity contribution is -0.894. The van der Waals surface area contributed by atoms with Crippen molar-refractivity contribution in [2.24, 2.45) is 5.73 Å². The number of rotatable bonds is 9. The SMILES string of the molecule is CC(C)OP(OCC1CCC([NH+]2C=CC=C(C(N)=O)C2)O1)OC(C)C. The smallest absolute Gasteiger partial charge is 0.333 e. The van der Waals surface area contributed by atoms with Crippen molar-refractivity contribution in [1.29, 1.82) is 0 Å². The van der Waals surface area contributed by atoms with Gasteiger partial charge >= 0.3 is 8.60 Å². The Hall–Kier alpha value is -0.820. The number of carbonyl (C=O) groups excluding carboxylic acids is 1. The van der Waals surface area contributed by atoms with Crippen molar-refractivity contribution in [3.8, 4) is 0 Å². The van der Waals surface area contributed by atoms with Crippen LogP contribution in [0.15, 0.2) is 23.9 Å². The first-order valence-electron chi connectivity index (χ1n) is 8.80. The molecule has 2 rings (SSSR count). The van der Waals surface area contributed by atoms with Crippen molar-refractivity contribution in [2.75, 3.05) is 13.2 Å². The molecule has 3 atom stereocenters. The molecule has 1 amide bonds. The Morgan fingerprint density at radius 3 is 2.60 bits per heavy atom. The topological polar surface area (TPSA) is 84.5 Å². The normalized spacial score (nSPS) is 26.7. The van der Waals surface area contributed by atoms with Gasteiger partial charge in [-0.05, 0) is 46.3 Å². The molecule has 0 bridgehead atoms. The summed E-state index contributed by atoms with van der Waals surface area (Å²) in [6.45, 7) is 8.84. The summed E-state index contributed by atoms with van der Waals surface area (Å²) < 4.78 is 23.3. The van der Waals surface area contributed by atoms with E-state index in [4.69, 9.17) is 24.0 Å². The Morgan fingerprint density at radius 1 is 1.32 bits per heavy atom. The van der Waals surface area contributed by atoms with Crippen LogP contribution in [0.1, 0.15) is 40.5 Å². The third-order valence-corrected chi connectivity index (χ3v) is 5.35. The van der Waals surface area contributed by atoms with Gasteiger partial charge in [0.15, 0.2) is 6.23 Å². The second-order valence-corrected chi connectivity index (χ2v) is 7.95. The molecule has 142 valence electrons. The average Bonchev–Trinajstić information content (AvgIpc) is 3.00. The third kappa shape index (κ3) is 6.77. The molecule has 1 saturated heterocycles. The first-order chi connectivity index (χ1) is 11.8. The van der Waals surface area contributed by atoms with Crippen LogP contribution in [0.2, 0.25) is 0 Å². The van der Waals surface area contributed by atoms with Crippen molar-refractivity contribution in [2.45, 2.75) is 65.1 Å². The lowest BCUT2D eigenvalue weighted by atomic mass is 10.1. The Bertz CT molecular complexity index is 499. The van der Waals surface area contributed by atoms with Gasteiger partial charge in [0.25, 0.3) is 0 Å². The van der Waals surface area contributed by atoms with Crippen LogP contribution in [0.4, 0.5) is 0 Å². The van der Waals surface area contributed by atoms with Gasteiger partial charge in [0.1, 0.15) is 6.54 Å². The van der Waals surface area contributed by atoms with Gasteiger partial charge in [0, 0.05) is 6.42 Å². The standard InChI is InChI=1S/C17H29N2O5P/c1-12(2)23-25(24-13(3)4)21-11-15-7-8-16(22-15)19-9-5-6-14(10-19)17(18)20/h5-6,9,12-13,15-16H,7-8,10-11H2,1-4H3,(H2,18,20)/p+1. The van der Waals surface area contributed by atoms with E-state index in [-0.39, 0.29) is 30.4 Å². The summed E-state index contributed by atoms with van der Waals surface area (Å²) in [6.07, 6.45) is 7.56. The van der Waals surface area contributed by atoms with Crippen molar-refractivity contribution >= 4 is 14.5 Å². The van der Waals surface area contributed by atoms with Crippen molar-refractivity contribution in [1.82, 2.24) is 0 Å². The van der Waals surface area contributed by atoms with Crippen LogP contribution >= 0.6 is 8.60 Å². The van der Waals surface area contributed by atoms with Crippen LogP contribution in [-0.4, -0.2) is 43.6 Å². The summed E-state index contributed by atoms with van der Waals surface area (Å²) in [5.41, 5.74) is 6.00. The monoisotopic (exact) mass is 373 g/mol. The van der Waals surface area contributed by atoms with Gasteiger partial charge in [-0.1, -0.05) is 0 Å². The molecule has 0 saturated carbocycles. The molecule has 8 heteroatoms. The van der Waals surface area contributed by atoms with Gasteiger partial charge in [-0.3, -0.25) is 9.69 Å². The van der Waals surface area contributed by atoms with Gasteiger partial charge in [0.05, 0.1) is 36.7 Å². The molecule has 2 heterocycles. The average molecular weight is 373 g/mol. The number of hydrogen-bond acceptors (Lipinski definition) is 5. The van der Waals surface area contributed by atoms with E-state index in [1.807, 2.05) is 40.0 Å². The van der Waals surface area contributed by atoms with Crippen LogP contribution < -0.4 is 10.6 Å². The van der Waals surface area contributed by atoms with Crippen LogP contribution in [0.5, 0.6) is 0 Å². The lowest BCUT2D eigenvalue weighted by Crippen LogP contribution is -3.12. The van der Waals surface area contributed by atoms with Crippen molar-refractivity contribution in [3.63, 3.8) is 0 Å². The van der Waals surface area contributed by atoms with Gasteiger partial charge in [0.2, 0.25) is 5.91 Å². The number of quaternary nitrogens is 1. The highest BCUT2D eigenvalue weighted by molar-refractivity contribution is 7.41. The quantitative estimate of drug-likeness (QED) is 0.597. The van der Waals surface area contributed by atoms with E-state index < -0.39 is 8.60 Å². The molecule has 2 aliphatic heterocycles. The van der Waals surface area contributed by atoms with Crippen LogP contribution in [0.3, 0.4) is 0 Å². The summed E-state index contributed by atoms with van der Waals surface area (Å²) in [5, 5.41) is 0. The molecule has 0 spiro atoms. The Kier molecular flexibility index (Phi) is 8.00. The summed E-state index contributed by atoms with van der Waals surface area (Å²) in [5.74, 6) is -0.373. The van der Waals surface area contributed by atoms with E-state index >= 15 is 0 Å². The third-order valence-electron chi connectivity index (χ3n) is 3.80. The molecule has 7 nitrogen and oxygen atoms in total. The molecule has 0 radical (unpaired) electrons. The predicted molar refractivity (Wildman–Crippen MR) is 95.5 cm³/mol. The molecule has 0 aromatic carbocycles. The second kappa shape index (κ2) is 9.76. The number of allylic oxidation sites excluding steroid dienone is 2. The largest absolute Gasteiger partial charge is 0.366 e. The van der Waals surface area contributed by atoms with Crippen LogP contribution in [0, 0.1) is 0 Å². The molecule has 0 aliphatic carbocycles. The van der Waals surface area contributed by atoms with Crippen LogP contribution in [0.25, 0.3) is 0 Å². The molecule has 0 aromatic rings. The zero-order chi connectivity index (χ0) is 18.4.